The lowest BCUT2D eigenvalue weighted by Crippen LogP contribution is -1.99. The number of rotatable bonds is 7. The summed E-state index contributed by atoms with van der Waals surface area (Å²) in [5.41, 5.74) is 8.58. The molecule has 2 aromatic carbocycles. The van der Waals surface area contributed by atoms with Gasteiger partial charge < -0.3 is 15.5 Å². The van der Waals surface area contributed by atoms with Gasteiger partial charge in [0.25, 0.3) is 0 Å². The number of nitrogens with one attached hydrogen (secondary N) is 1. The molecule has 0 fully saturated rings. The van der Waals surface area contributed by atoms with Crippen LogP contribution in [-0.2, 0) is 6.42 Å². The van der Waals surface area contributed by atoms with Gasteiger partial charge in [-0.2, -0.15) is 0 Å². The minimum atomic E-state index is -0.577. The quantitative estimate of drug-likeness (QED) is 0.605. The Balaban J connectivity index is 2.08. The van der Waals surface area contributed by atoms with E-state index < -0.39 is 11.6 Å². The maximum atomic E-state index is 14.2. The Kier molecular flexibility index (Phi) is 5.34. The molecule has 3 nitrogen and oxygen atoms in total. The highest BCUT2D eigenvalue weighted by atomic mass is 19.1. The predicted molar refractivity (Wildman–Crippen MR) is 96.8 cm³/mol. The molecule has 132 valence electrons. The van der Waals surface area contributed by atoms with Crippen molar-refractivity contribution in [2.45, 2.75) is 26.2 Å². The van der Waals surface area contributed by atoms with Gasteiger partial charge in [0.15, 0.2) is 0 Å². The fourth-order valence-electron chi connectivity index (χ4n) is 3.11. The first-order chi connectivity index (χ1) is 12.1. The Labute approximate surface area is 145 Å². The topological polar surface area (TPSA) is 51.0 Å². The molecule has 1 aromatic heterocycles. The van der Waals surface area contributed by atoms with Crippen LogP contribution >= 0.6 is 0 Å². The van der Waals surface area contributed by atoms with Crippen molar-refractivity contribution in [3.05, 3.63) is 53.6 Å². The van der Waals surface area contributed by atoms with Gasteiger partial charge in [0.2, 0.25) is 0 Å². The van der Waals surface area contributed by atoms with Crippen LogP contribution < -0.4 is 10.5 Å². The summed E-state index contributed by atoms with van der Waals surface area (Å²) in [5.74, 6) is -0.362. The number of aromatic amines is 1. The molecule has 3 N–H and O–H groups in total. The maximum Gasteiger partial charge on any atom is 0.150 e. The standard InChI is InChI=1S/C20H22F2N2O/c1-2-25-15-8-6-13(7-9-15)19-16(5-3-4-10-23)17-11-14(21)12-18(22)20(17)24-19/h6-9,11-12,24H,2-5,10,23H2,1H3. The molecule has 0 saturated carbocycles. The summed E-state index contributed by atoms with van der Waals surface area (Å²) in [7, 11) is 0. The summed E-state index contributed by atoms with van der Waals surface area (Å²) in [6.45, 7) is 3.13. The van der Waals surface area contributed by atoms with Gasteiger partial charge in [0.05, 0.1) is 12.1 Å². The number of unbranched alkanes of at least 4 members (excludes halogenated alkanes) is 1. The summed E-state index contributed by atoms with van der Waals surface area (Å²) in [4.78, 5) is 3.14. The molecular weight excluding hydrogens is 322 g/mol. The molecule has 3 aromatic rings. The second-order valence-corrected chi connectivity index (χ2v) is 5.99. The molecule has 0 saturated heterocycles. The van der Waals surface area contributed by atoms with Gasteiger partial charge in [-0.15, -0.1) is 0 Å². The van der Waals surface area contributed by atoms with Crippen molar-refractivity contribution in [1.29, 1.82) is 0 Å². The van der Waals surface area contributed by atoms with Gasteiger partial charge in [-0.25, -0.2) is 8.78 Å². The summed E-state index contributed by atoms with van der Waals surface area (Å²) >= 11 is 0. The molecule has 0 atom stereocenters. The molecular formula is C20H22F2N2O. The lowest BCUT2D eigenvalue weighted by molar-refractivity contribution is 0.340. The number of halogens is 2. The van der Waals surface area contributed by atoms with Crippen molar-refractivity contribution >= 4 is 10.9 Å². The average Bonchev–Trinajstić information content (AvgIpc) is 2.95. The van der Waals surface area contributed by atoms with Gasteiger partial charge in [-0.05, 0) is 74.2 Å². The fourth-order valence-corrected chi connectivity index (χ4v) is 3.11. The van der Waals surface area contributed by atoms with Crippen molar-refractivity contribution in [3.8, 4) is 17.0 Å². The third kappa shape index (κ3) is 3.66. The monoisotopic (exact) mass is 344 g/mol. The van der Waals surface area contributed by atoms with E-state index in [1.165, 1.54) is 6.07 Å². The second kappa shape index (κ2) is 7.66. The Morgan fingerprint density at radius 3 is 2.52 bits per heavy atom. The van der Waals surface area contributed by atoms with Gasteiger partial charge in [-0.3, -0.25) is 0 Å². The van der Waals surface area contributed by atoms with E-state index in [1.54, 1.807) is 0 Å². The van der Waals surface area contributed by atoms with Gasteiger partial charge in [0, 0.05) is 17.1 Å². The number of hydrogen-bond acceptors (Lipinski definition) is 2. The molecule has 0 bridgehead atoms. The van der Waals surface area contributed by atoms with Crippen LogP contribution in [0.15, 0.2) is 36.4 Å². The Morgan fingerprint density at radius 2 is 1.84 bits per heavy atom. The van der Waals surface area contributed by atoms with E-state index >= 15 is 0 Å². The summed E-state index contributed by atoms with van der Waals surface area (Å²) in [6, 6.07) is 9.91. The molecule has 0 aliphatic rings. The lowest BCUT2D eigenvalue weighted by Gasteiger charge is -2.07. The summed E-state index contributed by atoms with van der Waals surface area (Å²) in [5, 5.41) is 0.596. The molecule has 0 radical (unpaired) electrons. The zero-order chi connectivity index (χ0) is 17.8. The van der Waals surface area contributed by atoms with Crippen LogP contribution in [0.4, 0.5) is 8.78 Å². The van der Waals surface area contributed by atoms with E-state index in [1.807, 2.05) is 31.2 Å². The average molecular weight is 344 g/mol. The van der Waals surface area contributed by atoms with E-state index in [0.717, 1.165) is 41.5 Å². The molecule has 3 rings (SSSR count). The zero-order valence-electron chi connectivity index (χ0n) is 14.2. The number of hydrogen-bond donors (Lipinski definition) is 2. The van der Waals surface area contributed by atoms with Crippen LogP contribution in [0.2, 0.25) is 0 Å². The van der Waals surface area contributed by atoms with Crippen LogP contribution in [0.3, 0.4) is 0 Å². The van der Waals surface area contributed by atoms with Crippen molar-refractivity contribution in [2.75, 3.05) is 13.2 Å². The lowest BCUT2D eigenvalue weighted by atomic mass is 10.00. The molecule has 0 unspecified atom stereocenters. The van der Waals surface area contributed by atoms with E-state index in [-0.39, 0.29) is 0 Å². The van der Waals surface area contributed by atoms with Crippen molar-refractivity contribution in [1.82, 2.24) is 4.98 Å². The van der Waals surface area contributed by atoms with Crippen LogP contribution in [0.25, 0.3) is 22.2 Å². The molecule has 0 amide bonds. The first kappa shape index (κ1) is 17.4. The largest absolute Gasteiger partial charge is 0.494 e. The third-order valence-electron chi connectivity index (χ3n) is 4.27. The molecule has 0 aliphatic heterocycles. The fraction of sp³-hybridized carbons (Fsp3) is 0.300. The summed E-state index contributed by atoms with van der Waals surface area (Å²) < 4.78 is 33.4. The second-order valence-electron chi connectivity index (χ2n) is 5.99. The predicted octanol–water partition coefficient (Wildman–Crippen LogP) is 4.79. The van der Waals surface area contributed by atoms with Gasteiger partial charge in [-0.1, -0.05) is 0 Å². The van der Waals surface area contributed by atoms with Crippen molar-refractivity contribution in [2.24, 2.45) is 5.73 Å². The van der Waals surface area contributed by atoms with E-state index in [9.17, 15) is 8.78 Å². The van der Waals surface area contributed by atoms with Crippen LogP contribution in [-0.4, -0.2) is 18.1 Å². The highest BCUT2D eigenvalue weighted by Crippen LogP contribution is 2.34. The van der Waals surface area contributed by atoms with Gasteiger partial charge >= 0.3 is 0 Å². The van der Waals surface area contributed by atoms with Crippen molar-refractivity contribution < 1.29 is 13.5 Å². The molecule has 0 aliphatic carbocycles. The van der Waals surface area contributed by atoms with Crippen molar-refractivity contribution in [3.63, 3.8) is 0 Å². The van der Waals surface area contributed by atoms with Crippen LogP contribution in [0.1, 0.15) is 25.3 Å². The molecule has 25 heavy (non-hydrogen) atoms. The van der Waals surface area contributed by atoms with Crippen LogP contribution in [0.5, 0.6) is 5.75 Å². The number of fused-ring (bicyclic) bond motifs is 1. The number of aromatic nitrogens is 1. The normalized spacial score (nSPS) is 11.2. The molecule has 0 spiro atoms. The molecule has 5 heteroatoms. The van der Waals surface area contributed by atoms with Crippen LogP contribution in [0, 0.1) is 11.6 Å². The zero-order valence-corrected chi connectivity index (χ0v) is 14.2. The number of nitrogens with two attached hydrogens (primary N) is 1. The first-order valence-corrected chi connectivity index (χ1v) is 8.57. The Hall–Kier alpha value is -2.40. The van der Waals surface area contributed by atoms with E-state index in [2.05, 4.69) is 4.98 Å². The molecule has 1 heterocycles. The maximum absolute atomic E-state index is 14.2. The number of aryl methyl sites for hydroxylation is 1. The third-order valence-corrected chi connectivity index (χ3v) is 4.27. The first-order valence-electron chi connectivity index (χ1n) is 8.57. The number of ether oxygens (including phenoxy) is 1. The Morgan fingerprint density at radius 1 is 1.08 bits per heavy atom. The summed E-state index contributed by atoms with van der Waals surface area (Å²) in [6.07, 6.45) is 2.45. The minimum absolute atomic E-state index is 0.341. The van der Waals surface area contributed by atoms with E-state index in [4.69, 9.17) is 10.5 Å². The number of benzene rings is 2. The number of H-pyrrole nitrogens is 1. The Bertz CT molecular complexity index is 856. The van der Waals surface area contributed by atoms with E-state index in [0.29, 0.717) is 30.5 Å². The minimum Gasteiger partial charge on any atom is -0.494 e. The highest BCUT2D eigenvalue weighted by Gasteiger charge is 2.17. The highest BCUT2D eigenvalue weighted by molar-refractivity contribution is 5.91. The smallest absolute Gasteiger partial charge is 0.150 e. The van der Waals surface area contributed by atoms with Gasteiger partial charge in [0.1, 0.15) is 17.4 Å². The SMILES string of the molecule is CCOc1ccc(-c2[nH]c3c(F)cc(F)cc3c2CCCCN)cc1.